The van der Waals surface area contributed by atoms with Crippen LogP contribution in [0.25, 0.3) is 0 Å². The summed E-state index contributed by atoms with van der Waals surface area (Å²) < 4.78 is 5.83. The molecule has 0 heterocycles. The Morgan fingerprint density at radius 1 is 1.59 bits per heavy atom. The highest BCUT2D eigenvalue weighted by molar-refractivity contribution is 9.10. The summed E-state index contributed by atoms with van der Waals surface area (Å²) in [6, 6.07) is 8.18. The number of nitrogens with two attached hydrogens (primary N) is 1. The van der Waals surface area contributed by atoms with E-state index in [-0.39, 0.29) is 5.97 Å². The van der Waals surface area contributed by atoms with Gasteiger partial charge in [0.2, 0.25) is 0 Å². The fourth-order valence-corrected chi connectivity index (χ4v) is 2.93. The minimum absolute atomic E-state index is 0.296. The Balaban J connectivity index is 2.15. The predicted octanol–water partition coefficient (Wildman–Crippen LogP) is 2.59. The molecule has 1 saturated carbocycles. The van der Waals surface area contributed by atoms with Crippen molar-refractivity contribution in [2.75, 3.05) is 7.11 Å². The smallest absolute Gasteiger partial charge is 0.325 e. The second-order valence-corrected chi connectivity index (χ2v) is 5.56. The molecule has 0 unspecified atom stereocenters. The van der Waals surface area contributed by atoms with E-state index in [1.54, 1.807) is 0 Å². The Labute approximate surface area is 109 Å². The second kappa shape index (κ2) is 4.78. The third-order valence-corrected chi connectivity index (χ3v) is 3.95. The predicted molar refractivity (Wildman–Crippen MR) is 69.7 cm³/mol. The molecular weight excluding hydrogens is 282 g/mol. The van der Waals surface area contributed by atoms with Crippen molar-refractivity contribution in [2.24, 2.45) is 5.73 Å². The number of ether oxygens (including phenoxy) is 1. The zero-order chi connectivity index (χ0) is 12.5. The van der Waals surface area contributed by atoms with E-state index in [9.17, 15) is 4.79 Å². The van der Waals surface area contributed by atoms with Crippen LogP contribution in [0, 0.1) is 0 Å². The fourth-order valence-electron chi connectivity index (χ4n) is 2.51. The van der Waals surface area contributed by atoms with Gasteiger partial charge in [0.25, 0.3) is 0 Å². The summed E-state index contributed by atoms with van der Waals surface area (Å²) in [5.41, 5.74) is 6.52. The first-order valence-corrected chi connectivity index (χ1v) is 6.47. The van der Waals surface area contributed by atoms with Gasteiger partial charge in [-0.15, -0.1) is 0 Å². The first kappa shape index (κ1) is 12.6. The highest BCUT2D eigenvalue weighted by atomic mass is 79.9. The molecule has 1 aromatic rings. The molecule has 17 heavy (non-hydrogen) atoms. The van der Waals surface area contributed by atoms with E-state index in [4.69, 9.17) is 10.5 Å². The van der Waals surface area contributed by atoms with Gasteiger partial charge in [0, 0.05) is 4.47 Å². The molecule has 1 aliphatic rings. The Bertz CT molecular complexity index is 435. The van der Waals surface area contributed by atoms with E-state index in [1.807, 2.05) is 12.1 Å². The number of rotatable bonds is 2. The minimum Gasteiger partial charge on any atom is -0.468 e. The number of halogens is 1. The molecule has 0 aromatic heterocycles. The number of hydrogen-bond donors (Lipinski definition) is 1. The molecule has 0 amide bonds. The molecule has 2 atom stereocenters. The van der Waals surface area contributed by atoms with Crippen LogP contribution in [0.1, 0.15) is 30.7 Å². The number of benzene rings is 1. The molecular formula is C13H16BrNO2. The Morgan fingerprint density at radius 2 is 2.35 bits per heavy atom. The third-order valence-electron chi connectivity index (χ3n) is 3.46. The second-order valence-electron chi connectivity index (χ2n) is 4.64. The highest BCUT2D eigenvalue weighted by Gasteiger charge is 2.43. The van der Waals surface area contributed by atoms with Crippen LogP contribution >= 0.6 is 15.9 Å². The molecule has 0 aliphatic heterocycles. The molecule has 0 bridgehead atoms. The quantitative estimate of drug-likeness (QED) is 0.854. The van der Waals surface area contributed by atoms with Crippen molar-refractivity contribution in [3.63, 3.8) is 0 Å². The highest BCUT2D eigenvalue weighted by Crippen LogP contribution is 2.40. The van der Waals surface area contributed by atoms with Crippen LogP contribution in [0.3, 0.4) is 0 Å². The van der Waals surface area contributed by atoms with Crippen molar-refractivity contribution < 1.29 is 9.53 Å². The lowest BCUT2D eigenvalue weighted by molar-refractivity contribution is -0.146. The Morgan fingerprint density at radius 3 is 3.00 bits per heavy atom. The van der Waals surface area contributed by atoms with Crippen LogP contribution < -0.4 is 5.73 Å². The van der Waals surface area contributed by atoms with E-state index in [0.29, 0.717) is 18.8 Å². The summed E-state index contributed by atoms with van der Waals surface area (Å²) in [7, 11) is 1.39. The molecule has 2 rings (SSSR count). The molecule has 2 N–H and O–H groups in total. The minimum atomic E-state index is -0.804. The van der Waals surface area contributed by atoms with E-state index >= 15 is 0 Å². The lowest BCUT2D eigenvalue weighted by Gasteiger charge is -2.20. The van der Waals surface area contributed by atoms with E-state index in [0.717, 1.165) is 10.9 Å². The van der Waals surface area contributed by atoms with Gasteiger partial charge in [0.15, 0.2) is 0 Å². The standard InChI is InChI=1S/C13H16BrNO2/c1-17-12(16)13(15)6-5-10(8-13)9-3-2-4-11(14)7-9/h2-4,7,10H,5-6,8,15H2,1H3/t10-,13-/m1/s1. The van der Waals surface area contributed by atoms with Crippen LogP contribution in [-0.2, 0) is 9.53 Å². The van der Waals surface area contributed by atoms with Gasteiger partial charge in [-0.25, -0.2) is 0 Å². The molecule has 3 nitrogen and oxygen atoms in total. The van der Waals surface area contributed by atoms with Crippen LogP contribution in [0.2, 0.25) is 0 Å². The molecule has 0 spiro atoms. The topological polar surface area (TPSA) is 52.3 Å². The summed E-state index contributed by atoms with van der Waals surface area (Å²) >= 11 is 3.46. The zero-order valence-corrected chi connectivity index (χ0v) is 11.4. The van der Waals surface area contributed by atoms with Crippen molar-refractivity contribution >= 4 is 21.9 Å². The maximum absolute atomic E-state index is 11.6. The molecule has 92 valence electrons. The van der Waals surface area contributed by atoms with Crippen LogP contribution in [0.5, 0.6) is 0 Å². The summed E-state index contributed by atoms with van der Waals surface area (Å²) in [4.78, 5) is 11.6. The summed E-state index contributed by atoms with van der Waals surface area (Å²) in [6.45, 7) is 0. The van der Waals surface area contributed by atoms with Crippen molar-refractivity contribution in [2.45, 2.75) is 30.7 Å². The first-order valence-electron chi connectivity index (χ1n) is 5.68. The molecule has 1 aromatic carbocycles. The number of esters is 1. The number of carbonyl (C=O) groups excluding carboxylic acids is 1. The maximum Gasteiger partial charge on any atom is 0.325 e. The van der Waals surface area contributed by atoms with Gasteiger partial charge in [-0.1, -0.05) is 28.1 Å². The number of carbonyl (C=O) groups is 1. The first-order chi connectivity index (χ1) is 8.05. The van der Waals surface area contributed by atoms with E-state index in [2.05, 4.69) is 28.1 Å². The average Bonchev–Trinajstić information content (AvgIpc) is 2.72. The van der Waals surface area contributed by atoms with Crippen molar-refractivity contribution in [3.8, 4) is 0 Å². The number of hydrogen-bond acceptors (Lipinski definition) is 3. The molecule has 4 heteroatoms. The van der Waals surface area contributed by atoms with Gasteiger partial charge < -0.3 is 10.5 Å². The zero-order valence-electron chi connectivity index (χ0n) is 9.78. The third kappa shape index (κ3) is 2.53. The van der Waals surface area contributed by atoms with Gasteiger partial charge in [-0.3, -0.25) is 4.79 Å². The Kier molecular flexibility index (Phi) is 3.54. The van der Waals surface area contributed by atoms with Crippen molar-refractivity contribution in [1.29, 1.82) is 0 Å². The molecule has 0 saturated heterocycles. The van der Waals surface area contributed by atoms with Gasteiger partial charge in [-0.05, 0) is 42.9 Å². The van der Waals surface area contributed by atoms with Crippen LogP contribution in [0.4, 0.5) is 0 Å². The van der Waals surface area contributed by atoms with E-state index in [1.165, 1.54) is 12.7 Å². The van der Waals surface area contributed by atoms with Crippen LogP contribution in [-0.4, -0.2) is 18.6 Å². The SMILES string of the molecule is COC(=O)[C@@]1(N)CC[C@@H](c2cccc(Br)c2)C1. The fraction of sp³-hybridized carbons (Fsp3) is 0.462. The van der Waals surface area contributed by atoms with Gasteiger partial charge in [0.05, 0.1) is 7.11 Å². The summed E-state index contributed by atoms with van der Waals surface area (Å²) in [5, 5.41) is 0. The van der Waals surface area contributed by atoms with Gasteiger partial charge in [0.1, 0.15) is 5.54 Å². The van der Waals surface area contributed by atoms with Crippen molar-refractivity contribution in [1.82, 2.24) is 0 Å². The summed E-state index contributed by atoms with van der Waals surface area (Å²) in [5.74, 6) is 0.0478. The van der Waals surface area contributed by atoms with Crippen molar-refractivity contribution in [3.05, 3.63) is 34.3 Å². The van der Waals surface area contributed by atoms with Gasteiger partial charge >= 0.3 is 5.97 Å². The maximum atomic E-state index is 11.6. The normalized spacial score (nSPS) is 28.1. The molecule has 1 fully saturated rings. The molecule has 1 aliphatic carbocycles. The van der Waals surface area contributed by atoms with Gasteiger partial charge in [-0.2, -0.15) is 0 Å². The number of methoxy groups -OCH3 is 1. The lowest BCUT2D eigenvalue weighted by Crippen LogP contribution is -2.46. The lowest BCUT2D eigenvalue weighted by atomic mass is 9.93. The summed E-state index contributed by atoms with van der Waals surface area (Å²) in [6.07, 6.45) is 2.29. The monoisotopic (exact) mass is 297 g/mol. The molecule has 0 radical (unpaired) electrons. The van der Waals surface area contributed by atoms with Crippen LogP contribution in [0.15, 0.2) is 28.7 Å². The average molecular weight is 298 g/mol. The largest absolute Gasteiger partial charge is 0.468 e. The Hall–Kier alpha value is -0.870. The van der Waals surface area contributed by atoms with E-state index < -0.39 is 5.54 Å².